The number of nitrogens with zero attached hydrogens (tertiary/aromatic N) is 1. The summed E-state index contributed by atoms with van der Waals surface area (Å²) in [6.45, 7) is 2.24. The van der Waals surface area contributed by atoms with Gasteiger partial charge in [0.1, 0.15) is 6.61 Å². The minimum absolute atomic E-state index is 0.195. The fourth-order valence-corrected chi connectivity index (χ4v) is 2.35. The predicted molar refractivity (Wildman–Crippen MR) is 69.7 cm³/mol. The highest BCUT2D eigenvalue weighted by Crippen LogP contribution is 2.35. The summed E-state index contributed by atoms with van der Waals surface area (Å²) in [7, 11) is 0. The fourth-order valence-electron chi connectivity index (χ4n) is 2.35. The lowest BCUT2D eigenvalue weighted by molar-refractivity contribution is 0.101. The highest BCUT2D eigenvalue weighted by Gasteiger charge is 2.29. The molecule has 1 atom stereocenters. The largest absolute Gasteiger partial charge is 0.474 e. The quantitative estimate of drug-likeness (QED) is 0.826. The molecule has 0 aromatic heterocycles. The van der Waals surface area contributed by atoms with E-state index >= 15 is 0 Å². The normalized spacial score (nSPS) is 22.2. The summed E-state index contributed by atoms with van der Waals surface area (Å²) < 4.78 is 5.98. The average Bonchev–Trinajstić information content (AvgIpc) is 3.14. The van der Waals surface area contributed by atoms with Crippen LogP contribution in [0.5, 0.6) is 0 Å². The minimum Gasteiger partial charge on any atom is -0.474 e. The van der Waals surface area contributed by atoms with Crippen molar-refractivity contribution in [3.63, 3.8) is 0 Å². The molecule has 1 unspecified atom stereocenters. The molecule has 1 aromatic carbocycles. The van der Waals surface area contributed by atoms with E-state index in [-0.39, 0.29) is 6.10 Å². The number of aliphatic hydroxyl groups is 1. The molecule has 0 amide bonds. The Labute approximate surface area is 108 Å². The third-order valence-corrected chi connectivity index (χ3v) is 3.47. The minimum atomic E-state index is -0.195. The molecule has 0 bridgehead atoms. The summed E-state index contributed by atoms with van der Waals surface area (Å²) in [5, 5.41) is 9.62. The van der Waals surface area contributed by atoms with Gasteiger partial charge in [0.25, 0.3) is 0 Å². The van der Waals surface area contributed by atoms with Gasteiger partial charge in [0.05, 0.1) is 6.10 Å². The number of β-amino-alcohol motifs (C(OH)–C–C–N with tert-alkyl or cyclic N) is 1. The van der Waals surface area contributed by atoms with Gasteiger partial charge in [-0.2, -0.15) is 0 Å². The van der Waals surface area contributed by atoms with Crippen LogP contribution in [-0.2, 0) is 11.3 Å². The van der Waals surface area contributed by atoms with Crippen molar-refractivity contribution in [2.24, 2.45) is 0 Å². The number of benzene rings is 1. The molecule has 96 valence electrons. The summed E-state index contributed by atoms with van der Waals surface area (Å²) >= 11 is 0. The molecule has 1 saturated heterocycles. The van der Waals surface area contributed by atoms with Gasteiger partial charge in [-0.05, 0) is 30.4 Å². The van der Waals surface area contributed by atoms with Gasteiger partial charge >= 0.3 is 0 Å². The summed E-state index contributed by atoms with van der Waals surface area (Å²) in [5.41, 5.74) is 2.59. The van der Waals surface area contributed by atoms with Crippen molar-refractivity contribution < 1.29 is 9.84 Å². The smallest absolute Gasteiger partial charge is 0.188 e. The molecule has 0 radical (unpaired) electrons. The Morgan fingerprint density at radius 1 is 1.28 bits per heavy atom. The van der Waals surface area contributed by atoms with Gasteiger partial charge in [-0.15, -0.1) is 0 Å². The van der Waals surface area contributed by atoms with E-state index in [2.05, 4.69) is 17.0 Å². The van der Waals surface area contributed by atoms with E-state index in [0.717, 1.165) is 31.7 Å². The maximum Gasteiger partial charge on any atom is 0.188 e. The topological polar surface area (TPSA) is 32.7 Å². The van der Waals surface area contributed by atoms with Crippen LogP contribution in [0.2, 0.25) is 0 Å². The number of hydrogen-bond donors (Lipinski definition) is 1. The van der Waals surface area contributed by atoms with Gasteiger partial charge in [-0.3, -0.25) is 0 Å². The SMILES string of the molecule is OC1CCN(C(OCc2ccccc2)=C2CC2)C1. The van der Waals surface area contributed by atoms with Crippen molar-refractivity contribution in [1.29, 1.82) is 0 Å². The zero-order chi connectivity index (χ0) is 12.4. The van der Waals surface area contributed by atoms with Crippen LogP contribution in [0.15, 0.2) is 41.8 Å². The summed E-state index contributed by atoms with van der Waals surface area (Å²) in [4.78, 5) is 2.19. The number of hydrogen-bond acceptors (Lipinski definition) is 3. The second-order valence-corrected chi connectivity index (χ2v) is 5.07. The Balaban J connectivity index is 1.64. The Morgan fingerprint density at radius 2 is 2.06 bits per heavy atom. The molecule has 2 fully saturated rings. The molecule has 1 aliphatic carbocycles. The lowest BCUT2D eigenvalue weighted by Gasteiger charge is -2.22. The fraction of sp³-hybridized carbons (Fsp3) is 0.467. The molecule has 1 saturated carbocycles. The lowest BCUT2D eigenvalue weighted by atomic mass is 10.2. The first kappa shape index (κ1) is 11.6. The summed E-state index contributed by atoms with van der Waals surface area (Å²) in [5.74, 6) is 1.02. The number of allylic oxidation sites excluding steroid dienone is 1. The number of aliphatic hydroxyl groups excluding tert-OH is 1. The van der Waals surface area contributed by atoms with Crippen molar-refractivity contribution in [1.82, 2.24) is 4.90 Å². The van der Waals surface area contributed by atoms with Crippen LogP contribution in [-0.4, -0.2) is 29.2 Å². The van der Waals surface area contributed by atoms with E-state index in [1.54, 1.807) is 0 Å². The van der Waals surface area contributed by atoms with Crippen LogP contribution in [0.3, 0.4) is 0 Å². The molecule has 2 aliphatic rings. The Hall–Kier alpha value is -1.48. The van der Waals surface area contributed by atoms with Crippen molar-refractivity contribution in [2.75, 3.05) is 13.1 Å². The van der Waals surface area contributed by atoms with Crippen molar-refractivity contribution in [3.8, 4) is 0 Å². The Kier molecular flexibility index (Phi) is 3.24. The highest BCUT2D eigenvalue weighted by molar-refractivity contribution is 5.22. The molecule has 1 aromatic rings. The monoisotopic (exact) mass is 245 g/mol. The first-order valence-electron chi connectivity index (χ1n) is 6.64. The maximum atomic E-state index is 9.62. The summed E-state index contributed by atoms with van der Waals surface area (Å²) in [6.07, 6.45) is 2.96. The van der Waals surface area contributed by atoms with Crippen LogP contribution < -0.4 is 0 Å². The molecule has 3 rings (SSSR count). The van der Waals surface area contributed by atoms with Crippen molar-refractivity contribution in [2.45, 2.75) is 32.0 Å². The number of ether oxygens (including phenoxy) is 1. The van der Waals surface area contributed by atoms with Crippen LogP contribution in [0.1, 0.15) is 24.8 Å². The number of rotatable bonds is 4. The third-order valence-electron chi connectivity index (χ3n) is 3.47. The standard InChI is InChI=1S/C15H19NO2/c17-14-8-9-16(10-14)15(13-6-7-13)18-11-12-4-2-1-3-5-12/h1-5,14,17H,6-11H2. The van der Waals surface area contributed by atoms with Crippen molar-refractivity contribution >= 4 is 0 Å². The molecule has 0 spiro atoms. The molecule has 18 heavy (non-hydrogen) atoms. The van der Waals surface area contributed by atoms with E-state index in [0.29, 0.717) is 13.2 Å². The van der Waals surface area contributed by atoms with Gasteiger partial charge < -0.3 is 14.7 Å². The van der Waals surface area contributed by atoms with Crippen LogP contribution in [0.25, 0.3) is 0 Å². The van der Waals surface area contributed by atoms with Gasteiger partial charge in [0.2, 0.25) is 0 Å². The van der Waals surface area contributed by atoms with Gasteiger partial charge in [-0.1, -0.05) is 30.3 Å². The summed E-state index contributed by atoms with van der Waals surface area (Å²) in [6, 6.07) is 10.2. The van der Waals surface area contributed by atoms with Crippen LogP contribution >= 0.6 is 0 Å². The Morgan fingerprint density at radius 3 is 2.67 bits per heavy atom. The van der Waals surface area contributed by atoms with E-state index in [9.17, 15) is 5.11 Å². The maximum absolute atomic E-state index is 9.62. The second-order valence-electron chi connectivity index (χ2n) is 5.07. The number of likely N-dealkylation sites (tertiary alicyclic amines) is 1. The van der Waals surface area contributed by atoms with Gasteiger partial charge in [0, 0.05) is 13.1 Å². The molecular weight excluding hydrogens is 226 g/mol. The van der Waals surface area contributed by atoms with E-state index in [1.807, 2.05) is 18.2 Å². The van der Waals surface area contributed by atoms with Crippen LogP contribution in [0.4, 0.5) is 0 Å². The first-order valence-corrected chi connectivity index (χ1v) is 6.64. The zero-order valence-electron chi connectivity index (χ0n) is 10.5. The average molecular weight is 245 g/mol. The predicted octanol–water partition coefficient (Wildman–Crippen LogP) is 2.28. The lowest BCUT2D eigenvalue weighted by Crippen LogP contribution is -2.23. The Bertz CT molecular complexity index is 435. The van der Waals surface area contributed by atoms with E-state index in [1.165, 1.54) is 11.1 Å². The van der Waals surface area contributed by atoms with E-state index in [4.69, 9.17) is 4.74 Å². The third kappa shape index (κ3) is 2.67. The van der Waals surface area contributed by atoms with Crippen molar-refractivity contribution in [3.05, 3.63) is 47.4 Å². The highest BCUT2D eigenvalue weighted by atomic mass is 16.5. The molecule has 1 N–H and O–H groups in total. The molecule has 1 aliphatic heterocycles. The van der Waals surface area contributed by atoms with E-state index < -0.39 is 0 Å². The second kappa shape index (κ2) is 5.02. The molecular formula is C15H19NO2. The van der Waals surface area contributed by atoms with Gasteiger partial charge in [0.15, 0.2) is 5.88 Å². The van der Waals surface area contributed by atoms with Gasteiger partial charge in [-0.25, -0.2) is 0 Å². The molecule has 3 nitrogen and oxygen atoms in total. The van der Waals surface area contributed by atoms with Crippen LogP contribution in [0, 0.1) is 0 Å². The first-order chi connectivity index (χ1) is 8.83. The molecule has 1 heterocycles. The zero-order valence-corrected chi connectivity index (χ0v) is 10.5. The molecule has 3 heteroatoms.